The van der Waals surface area contributed by atoms with Gasteiger partial charge in [-0.15, -0.1) is 0 Å². The van der Waals surface area contributed by atoms with E-state index in [0.717, 1.165) is 0 Å². The summed E-state index contributed by atoms with van der Waals surface area (Å²) in [5.41, 5.74) is 8.17. The number of fused-ring (bicyclic) bond motifs is 10. The summed E-state index contributed by atoms with van der Waals surface area (Å²) in [5.74, 6) is 0. The van der Waals surface area contributed by atoms with E-state index >= 15 is 0 Å². The van der Waals surface area contributed by atoms with E-state index < -0.39 is 0 Å². The Morgan fingerprint density at radius 2 is 0.710 bits per heavy atom. The fourth-order valence-electron chi connectivity index (χ4n) is 6.63. The first kappa shape index (κ1) is 15.9. The van der Waals surface area contributed by atoms with Crippen LogP contribution in [0.5, 0.6) is 0 Å². The standard InChI is InChI=1S/C31H18/c1-2-10-20-19(9-1)23-13-7-17-27-29(23)30-24(20)14-8-18-28(30)31(27)25-15-5-3-11-21(25)22-12-4-6-16-26(22)31/h1-18H. The minimum absolute atomic E-state index is 0.244. The molecule has 8 rings (SSSR count). The lowest BCUT2D eigenvalue weighted by atomic mass is 9.70. The van der Waals surface area contributed by atoms with Crippen LogP contribution in [-0.4, -0.2) is 0 Å². The van der Waals surface area contributed by atoms with Crippen LogP contribution in [0.2, 0.25) is 0 Å². The van der Waals surface area contributed by atoms with Gasteiger partial charge >= 0.3 is 0 Å². The summed E-state index contributed by atoms with van der Waals surface area (Å²) in [4.78, 5) is 0. The molecule has 0 saturated heterocycles. The van der Waals surface area contributed by atoms with Crippen molar-refractivity contribution in [2.75, 3.05) is 0 Å². The van der Waals surface area contributed by atoms with Gasteiger partial charge in [-0.2, -0.15) is 0 Å². The largest absolute Gasteiger partial charge is 0.0725 e. The number of hydrogen-bond acceptors (Lipinski definition) is 0. The van der Waals surface area contributed by atoms with E-state index in [2.05, 4.69) is 109 Å². The van der Waals surface area contributed by atoms with E-state index in [1.807, 2.05) is 0 Å². The molecule has 1 spiro atoms. The number of hydrogen-bond donors (Lipinski definition) is 0. The zero-order chi connectivity index (χ0) is 20.2. The minimum Gasteiger partial charge on any atom is -0.0619 e. The first-order valence-electron chi connectivity index (χ1n) is 11.0. The average molecular weight is 390 g/mol. The lowest BCUT2D eigenvalue weighted by molar-refractivity contribution is 0.797. The fourth-order valence-corrected chi connectivity index (χ4v) is 6.63. The summed E-state index contributed by atoms with van der Waals surface area (Å²) in [6.45, 7) is 0. The van der Waals surface area contributed by atoms with Crippen LogP contribution in [0.4, 0.5) is 0 Å². The Hall–Kier alpha value is -3.90. The van der Waals surface area contributed by atoms with Gasteiger partial charge < -0.3 is 0 Å². The van der Waals surface area contributed by atoms with Gasteiger partial charge in [0.1, 0.15) is 0 Å². The molecule has 0 fully saturated rings. The highest BCUT2D eigenvalue weighted by atomic mass is 14.5. The van der Waals surface area contributed by atoms with Crippen LogP contribution in [-0.2, 0) is 5.41 Å². The molecule has 0 saturated carbocycles. The first-order valence-corrected chi connectivity index (χ1v) is 11.0. The normalized spacial score (nSPS) is 14.7. The van der Waals surface area contributed by atoms with Gasteiger partial charge in [0.15, 0.2) is 0 Å². The molecule has 0 heteroatoms. The van der Waals surface area contributed by atoms with Gasteiger partial charge in [0.05, 0.1) is 5.41 Å². The van der Waals surface area contributed by atoms with E-state index in [4.69, 9.17) is 0 Å². The zero-order valence-corrected chi connectivity index (χ0v) is 16.9. The maximum absolute atomic E-state index is 2.37. The van der Waals surface area contributed by atoms with Gasteiger partial charge in [0, 0.05) is 0 Å². The molecule has 6 aromatic rings. The molecule has 0 amide bonds. The van der Waals surface area contributed by atoms with Crippen LogP contribution < -0.4 is 0 Å². The SMILES string of the molecule is c1ccc2c(c1)-c1ccccc1C21c2cccc3c4ccccc4c4cccc1c4c23. The minimum atomic E-state index is -0.244. The zero-order valence-electron chi connectivity index (χ0n) is 16.9. The summed E-state index contributed by atoms with van der Waals surface area (Å²) >= 11 is 0. The third kappa shape index (κ3) is 1.61. The van der Waals surface area contributed by atoms with Crippen molar-refractivity contribution in [3.05, 3.63) is 131 Å². The van der Waals surface area contributed by atoms with Crippen LogP contribution in [0.15, 0.2) is 109 Å². The van der Waals surface area contributed by atoms with Gasteiger partial charge in [-0.3, -0.25) is 0 Å². The lowest BCUT2D eigenvalue weighted by Gasteiger charge is -2.30. The number of benzene rings is 6. The summed E-state index contributed by atoms with van der Waals surface area (Å²) in [5, 5.41) is 8.29. The van der Waals surface area contributed by atoms with Crippen LogP contribution in [0.25, 0.3) is 43.4 Å². The predicted molar refractivity (Wildman–Crippen MR) is 130 cm³/mol. The molecule has 2 aliphatic carbocycles. The second-order valence-corrected chi connectivity index (χ2v) is 8.84. The van der Waals surface area contributed by atoms with E-state index in [1.54, 1.807) is 0 Å². The van der Waals surface area contributed by atoms with Gasteiger partial charge in [-0.05, 0) is 65.7 Å². The predicted octanol–water partition coefficient (Wildman–Crippen LogP) is 7.82. The average Bonchev–Trinajstić information content (AvgIpc) is 3.32. The van der Waals surface area contributed by atoms with Gasteiger partial charge in [-0.1, -0.05) is 109 Å². The highest BCUT2D eigenvalue weighted by Gasteiger charge is 2.50. The molecular weight excluding hydrogens is 372 g/mol. The molecule has 6 aromatic carbocycles. The van der Waals surface area contributed by atoms with E-state index in [-0.39, 0.29) is 5.41 Å². The quantitative estimate of drug-likeness (QED) is 0.232. The van der Waals surface area contributed by atoms with Crippen molar-refractivity contribution < 1.29 is 0 Å². The fraction of sp³-hybridized carbons (Fsp3) is 0.0323. The van der Waals surface area contributed by atoms with Gasteiger partial charge in [-0.25, -0.2) is 0 Å². The molecule has 0 unspecified atom stereocenters. The maximum Gasteiger partial charge on any atom is 0.0725 e. The van der Waals surface area contributed by atoms with E-state index in [0.29, 0.717) is 0 Å². The second kappa shape index (κ2) is 5.22. The third-order valence-corrected chi connectivity index (χ3v) is 7.65. The highest BCUT2D eigenvalue weighted by Crippen LogP contribution is 2.62. The summed E-state index contributed by atoms with van der Waals surface area (Å²) in [6, 6.07) is 40.8. The highest BCUT2D eigenvalue weighted by molar-refractivity contribution is 6.29. The van der Waals surface area contributed by atoms with Crippen LogP contribution in [0.3, 0.4) is 0 Å². The van der Waals surface area contributed by atoms with Crippen LogP contribution in [0.1, 0.15) is 22.3 Å². The van der Waals surface area contributed by atoms with E-state index in [9.17, 15) is 0 Å². The Bertz CT molecular complexity index is 1610. The third-order valence-electron chi connectivity index (χ3n) is 7.65. The topological polar surface area (TPSA) is 0 Å². The molecule has 0 atom stereocenters. The Balaban J connectivity index is 1.72. The molecule has 0 aromatic heterocycles. The molecule has 0 radical (unpaired) electrons. The van der Waals surface area contributed by atoms with Crippen molar-refractivity contribution in [2.45, 2.75) is 5.41 Å². The molecule has 0 nitrogen and oxygen atoms in total. The van der Waals surface area contributed by atoms with Crippen molar-refractivity contribution in [2.24, 2.45) is 0 Å². The molecular formula is C31H18. The molecule has 0 N–H and O–H groups in total. The smallest absolute Gasteiger partial charge is 0.0619 e. The van der Waals surface area contributed by atoms with Crippen molar-refractivity contribution in [1.29, 1.82) is 0 Å². The van der Waals surface area contributed by atoms with E-state index in [1.165, 1.54) is 65.7 Å². The Kier molecular flexibility index (Phi) is 2.68. The molecule has 2 aliphatic rings. The Labute approximate surface area is 180 Å². The molecule has 0 heterocycles. The molecule has 142 valence electrons. The van der Waals surface area contributed by atoms with Gasteiger partial charge in [0.25, 0.3) is 0 Å². The van der Waals surface area contributed by atoms with Crippen molar-refractivity contribution >= 4 is 32.3 Å². The lowest BCUT2D eigenvalue weighted by Crippen LogP contribution is -2.25. The Morgan fingerprint density at radius 3 is 1.23 bits per heavy atom. The van der Waals surface area contributed by atoms with Crippen LogP contribution in [0, 0.1) is 0 Å². The summed E-state index contributed by atoms with van der Waals surface area (Å²) < 4.78 is 0. The van der Waals surface area contributed by atoms with Gasteiger partial charge in [0.2, 0.25) is 0 Å². The monoisotopic (exact) mass is 390 g/mol. The summed E-state index contributed by atoms with van der Waals surface area (Å²) in [7, 11) is 0. The maximum atomic E-state index is 2.37. The Morgan fingerprint density at radius 1 is 0.323 bits per heavy atom. The van der Waals surface area contributed by atoms with Crippen molar-refractivity contribution in [3.63, 3.8) is 0 Å². The second-order valence-electron chi connectivity index (χ2n) is 8.84. The molecule has 0 bridgehead atoms. The van der Waals surface area contributed by atoms with Crippen LogP contribution >= 0.6 is 0 Å². The molecule has 31 heavy (non-hydrogen) atoms. The summed E-state index contributed by atoms with van der Waals surface area (Å²) in [6.07, 6.45) is 0. The number of rotatable bonds is 0. The first-order chi connectivity index (χ1) is 15.4. The van der Waals surface area contributed by atoms with Crippen molar-refractivity contribution in [3.8, 4) is 11.1 Å². The van der Waals surface area contributed by atoms with Crippen molar-refractivity contribution in [1.82, 2.24) is 0 Å². The molecule has 0 aliphatic heterocycles.